The van der Waals surface area contributed by atoms with E-state index < -0.39 is 0 Å². The van der Waals surface area contributed by atoms with E-state index in [0.29, 0.717) is 9.90 Å². The number of hydrogen-bond donors (Lipinski definition) is 1. The fourth-order valence-electron chi connectivity index (χ4n) is 3.57. The fraction of sp³-hybridized carbons (Fsp3) is 0.286. The largest absolute Gasteiger partial charge is 0.347 e. The van der Waals surface area contributed by atoms with E-state index in [1.165, 1.54) is 16.9 Å². The molecule has 0 bridgehead atoms. The van der Waals surface area contributed by atoms with E-state index in [1.54, 1.807) is 0 Å². The summed E-state index contributed by atoms with van der Waals surface area (Å²) in [6.45, 7) is 2.88. The van der Waals surface area contributed by atoms with Crippen LogP contribution in [0.1, 0.15) is 28.1 Å². The SMILES string of the molecule is O=C(N[C@H]1CCCN(Cc2ccccc2)C1)c1sc2ccccc2c1Cl. The average Bonchev–Trinajstić information content (AvgIpc) is 3.00. The predicted molar refractivity (Wildman–Crippen MR) is 109 cm³/mol. The number of hydrogen-bond acceptors (Lipinski definition) is 3. The fourth-order valence-corrected chi connectivity index (χ4v) is 4.99. The molecule has 0 spiro atoms. The second kappa shape index (κ2) is 7.78. The third-order valence-corrected chi connectivity index (χ3v) is 6.51. The number of fused-ring (bicyclic) bond motifs is 1. The topological polar surface area (TPSA) is 32.3 Å². The molecule has 4 rings (SSSR count). The number of carbonyl (C=O) groups is 1. The number of amides is 1. The molecular weight excluding hydrogens is 364 g/mol. The second-order valence-corrected chi connectivity index (χ2v) is 8.20. The maximum Gasteiger partial charge on any atom is 0.263 e. The molecule has 1 fully saturated rings. The lowest BCUT2D eigenvalue weighted by atomic mass is 10.0. The molecule has 2 aromatic carbocycles. The van der Waals surface area contributed by atoms with Crippen LogP contribution in [0, 0.1) is 0 Å². The highest BCUT2D eigenvalue weighted by atomic mass is 35.5. The summed E-state index contributed by atoms with van der Waals surface area (Å²) in [6, 6.07) is 18.5. The van der Waals surface area contributed by atoms with Gasteiger partial charge < -0.3 is 5.32 Å². The van der Waals surface area contributed by atoms with E-state index in [1.807, 2.05) is 30.3 Å². The molecule has 0 aliphatic carbocycles. The van der Waals surface area contributed by atoms with Gasteiger partial charge in [0.05, 0.1) is 5.02 Å². The number of thiophene rings is 1. The zero-order valence-corrected chi connectivity index (χ0v) is 16.0. The van der Waals surface area contributed by atoms with Gasteiger partial charge in [0.1, 0.15) is 4.88 Å². The van der Waals surface area contributed by atoms with Crippen LogP contribution in [0.15, 0.2) is 54.6 Å². The molecule has 1 atom stereocenters. The molecule has 1 saturated heterocycles. The highest BCUT2D eigenvalue weighted by molar-refractivity contribution is 7.21. The van der Waals surface area contributed by atoms with Crippen LogP contribution in [0.25, 0.3) is 10.1 Å². The number of rotatable bonds is 4. The number of likely N-dealkylation sites (tertiary alicyclic amines) is 1. The molecule has 1 aliphatic heterocycles. The van der Waals surface area contributed by atoms with Crippen molar-refractivity contribution in [3.63, 3.8) is 0 Å². The molecule has 26 heavy (non-hydrogen) atoms. The molecule has 0 saturated carbocycles. The first-order chi connectivity index (χ1) is 12.7. The van der Waals surface area contributed by atoms with Crippen LogP contribution in [0.3, 0.4) is 0 Å². The molecule has 0 unspecified atom stereocenters. The number of carbonyl (C=O) groups excluding carboxylic acids is 1. The predicted octanol–water partition coefficient (Wildman–Crippen LogP) is 4.95. The van der Waals surface area contributed by atoms with Gasteiger partial charge in [-0.2, -0.15) is 0 Å². The van der Waals surface area contributed by atoms with E-state index in [9.17, 15) is 4.79 Å². The minimum Gasteiger partial charge on any atom is -0.347 e. The molecule has 3 nitrogen and oxygen atoms in total. The number of benzene rings is 2. The normalized spacial score (nSPS) is 18.1. The van der Waals surface area contributed by atoms with Crippen molar-refractivity contribution in [1.82, 2.24) is 10.2 Å². The van der Waals surface area contributed by atoms with Gasteiger partial charge in [0, 0.05) is 29.2 Å². The summed E-state index contributed by atoms with van der Waals surface area (Å²) in [6.07, 6.45) is 2.11. The number of nitrogens with zero attached hydrogens (tertiary/aromatic N) is 1. The van der Waals surface area contributed by atoms with E-state index in [0.717, 1.165) is 42.6 Å². The maximum absolute atomic E-state index is 12.8. The minimum atomic E-state index is -0.0530. The van der Waals surface area contributed by atoms with Crippen LogP contribution < -0.4 is 5.32 Å². The Morgan fingerprint density at radius 1 is 1.15 bits per heavy atom. The smallest absolute Gasteiger partial charge is 0.263 e. The maximum atomic E-state index is 12.8. The minimum absolute atomic E-state index is 0.0530. The zero-order chi connectivity index (χ0) is 17.9. The molecule has 3 aromatic rings. The third-order valence-electron chi connectivity index (χ3n) is 4.83. The van der Waals surface area contributed by atoms with Crippen molar-refractivity contribution in [2.75, 3.05) is 13.1 Å². The second-order valence-electron chi connectivity index (χ2n) is 6.77. The molecule has 2 heterocycles. The highest BCUT2D eigenvalue weighted by Crippen LogP contribution is 2.35. The Morgan fingerprint density at radius 2 is 1.92 bits per heavy atom. The third kappa shape index (κ3) is 3.78. The van der Waals surface area contributed by atoms with Crippen molar-refractivity contribution in [3.05, 3.63) is 70.1 Å². The van der Waals surface area contributed by atoms with Gasteiger partial charge in [-0.25, -0.2) is 0 Å². The van der Waals surface area contributed by atoms with Crippen LogP contribution >= 0.6 is 22.9 Å². The van der Waals surface area contributed by atoms with Crippen molar-refractivity contribution in [2.24, 2.45) is 0 Å². The molecule has 1 aliphatic rings. The van der Waals surface area contributed by atoms with Crippen LogP contribution in [-0.4, -0.2) is 29.9 Å². The van der Waals surface area contributed by atoms with E-state index in [-0.39, 0.29) is 11.9 Å². The first-order valence-electron chi connectivity index (χ1n) is 8.95. The van der Waals surface area contributed by atoms with E-state index in [2.05, 4.69) is 34.5 Å². The van der Waals surface area contributed by atoms with Crippen molar-refractivity contribution < 1.29 is 4.79 Å². The van der Waals surface area contributed by atoms with Crippen LogP contribution in [-0.2, 0) is 6.54 Å². The molecule has 1 N–H and O–H groups in total. The highest BCUT2D eigenvalue weighted by Gasteiger charge is 2.24. The van der Waals surface area contributed by atoms with E-state index >= 15 is 0 Å². The van der Waals surface area contributed by atoms with Crippen LogP contribution in [0.5, 0.6) is 0 Å². The summed E-state index contributed by atoms with van der Waals surface area (Å²) in [5.41, 5.74) is 1.31. The van der Waals surface area contributed by atoms with Crippen LogP contribution in [0.2, 0.25) is 5.02 Å². The number of piperidine rings is 1. The Hall–Kier alpha value is -1.88. The van der Waals surface area contributed by atoms with Gasteiger partial charge in [0.2, 0.25) is 0 Å². The summed E-state index contributed by atoms with van der Waals surface area (Å²) >= 11 is 7.91. The van der Waals surface area contributed by atoms with Gasteiger partial charge >= 0.3 is 0 Å². The molecule has 1 amide bonds. The van der Waals surface area contributed by atoms with Gasteiger partial charge in [-0.15, -0.1) is 11.3 Å². The quantitative estimate of drug-likeness (QED) is 0.690. The monoisotopic (exact) mass is 384 g/mol. The van der Waals surface area contributed by atoms with E-state index in [4.69, 9.17) is 11.6 Å². The Kier molecular flexibility index (Phi) is 5.25. The van der Waals surface area contributed by atoms with Crippen molar-refractivity contribution >= 4 is 38.9 Å². The van der Waals surface area contributed by atoms with Gasteiger partial charge in [0.25, 0.3) is 5.91 Å². The lowest BCUT2D eigenvalue weighted by molar-refractivity contribution is 0.0905. The van der Waals surface area contributed by atoms with Crippen molar-refractivity contribution in [1.29, 1.82) is 0 Å². The Morgan fingerprint density at radius 3 is 2.73 bits per heavy atom. The summed E-state index contributed by atoms with van der Waals surface area (Å²) in [7, 11) is 0. The van der Waals surface area contributed by atoms with Gasteiger partial charge in [-0.1, -0.05) is 60.1 Å². The Bertz CT molecular complexity index is 909. The molecule has 0 radical (unpaired) electrons. The molecule has 5 heteroatoms. The lowest BCUT2D eigenvalue weighted by Gasteiger charge is -2.33. The number of halogens is 1. The Labute approximate surface area is 162 Å². The van der Waals surface area contributed by atoms with Gasteiger partial charge in [0.15, 0.2) is 0 Å². The zero-order valence-electron chi connectivity index (χ0n) is 14.5. The average molecular weight is 385 g/mol. The Balaban J connectivity index is 1.42. The first kappa shape index (κ1) is 17.5. The first-order valence-corrected chi connectivity index (χ1v) is 10.1. The summed E-state index contributed by atoms with van der Waals surface area (Å²) < 4.78 is 1.05. The lowest BCUT2D eigenvalue weighted by Crippen LogP contribution is -2.47. The van der Waals surface area contributed by atoms with Crippen molar-refractivity contribution in [3.8, 4) is 0 Å². The molecule has 134 valence electrons. The van der Waals surface area contributed by atoms with Gasteiger partial charge in [-0.05, 0) is 31.0 Å². The summed E-state index contributed by atoms with van der Waals surface area (Å²) in [4.78, 5) is 15.8. The number of nitrogens with one attached hydrogen (secondary N) is 1. The summed E-state index contributed by atoms with van der Waals surface area (Å²) in [5.74, 6) is -0.0530. The van der Waals surface area contributed by atoms with Gasteiger partial charge in [-0.3, -0.25) is 9.69 Å². The standard InChI is InChI=1S/C21H21ClN2OS/c22-19-17-10-4-5-11-18(17)26-20(19)21(25)23-16-9-6-12-24(14-16)13-15-7-2-1-3-8-15/h1-5,7-8,10-11,16H,6,9,12-14H2,(H,23,25)/t16-/m0/s1. The van der Waals surface area contributed by atoms with Crippen LogP contribution in [0.4, 0.5) is 0 Å². The summed E-state index contributed by atoms with van der Waals surface area (Å²) in [5, 5.41) is 4.72. The van der Waals surface area contributed by atoms with Crippen molar-refractivity contribution in [2.45, 2.75) is 25.4 Å². The molecule has 1 aromatic heterocycles. The molecular formula is C21H21ClN2OS.